The Bertz CT molecular complexity index is 653. The fourth-order valence-electron chi connectivity index (χ4n) is 2.00. The molecule has 0 aromatic heterocycles. The van der Waals surface area contributed by atoms with E-state index in [-0.39, 0.29) is 5.91 Å². The molecule has 2 aromatic rings. The number of nitrogens with one attached hydrogen (secondary N) is 1. The van der Waals surface area contributed by atoms with Crippen molar-refractivity contribution in [3.8, 4) is 0 Å². The SMILES string of the molecule is CCc1ccc(NC(=O)c2ccc(C)cc2Cl)cc1N. The molecular weight excluding hydrogens is 272 g/mol. The average Bonchev–Trinajstić information content (AvgIpc) is 2.38. The molecule has 4 heteroatoms. The summed E-state index contributed by atoms with van der Waals surface area (Å²) in [7, 11) is 0. The fourth-order valence-corrected chi connectivity index (χ4v) is 2.32. The van der Waals surface area contributed by atoms with Gasteiger partial charge in [0.2, 0.25) is 0 Å². The molecule has 0 saturated carbocycles. The van der Waals surface area contributed by atoms with Gasteiger partial charge < -0.3 is 11.1 Å². The third-order valence-corrected chi connectivity index (χ3v) is 3.47. The second-order valence-corrected chi connectivity index (χ2v) is 5.11. The Morgan fingerprint density at radius 1 is 1.25 bits per heavy atom. The van der Waals surface area contributed by atoms with Crippen molar-refractivity contribution in [2.75, 3.05) is 11.1 Å². The second-order valence-electron chi connectivity index (χ2n) is 4.70. The van der Waals surface area contributed by atoms with Crippen molar-refractivity contribution < 1.29 is 4.79 Å². The van der Waals surface area contributed by atoms with Gasteiger partial charge in [-0.05, 0) is 48.7 Å². The molecule has 0 bridgehead atoms. The first-order valence-corrected chi connectivity index (χ1v) is 6.85. The van der Waals surface area contributed by atoms with E-state index >= 15 is 0 Å². The molecule has 20 heavy (non-hydrogen) atoms. The van der Waals surface area contributed by atoms with Crippen LogP contribution in [0.5, 0.6) is 0 Å². The van der Waals surface area contributed by atoms with Gasteiger partial charge in [-0.25, -0.2) is 0 Å². The lowest BCUT2D eigenvalue weighted by Gasteiger charge is -2.10. The van der Waals surface area contributed by atoms with E-state index in [1.165, 1.54) is 0 Å². The Balaban J connectivity index is 2.21. The van der Waals surface area contributed by atoms with Crippen molar-refractivity contribution in [1.29, 1.82) is 0 Å². The summed E-state index contributed by atoms with van der Waals surface area (Å²) in [6, 6.07) is 10.9. The fraction of sp³-hybridized carbons (Fsp3) is 0.188. The van der Waals surface area contributed by atoms with Gasteiger partial charge in [-0.15, -0.1) is 0 Å². The van der Waals surface area contributed by atoms with E-state index in [1.54, 1.807) is 18.2 Å². The van der Waals surface area contributed by atoms with E-state index < -0.39 is 0 Å². The van der Waals surface area contributed by atoms with Gasteiger partial charge in [0.25, 0.3) is 5.91 Å². The quantitative estimate of drug-likeness (QED) is 0.837. The first-order valence-electron chi connectivity index (χ1n) is 6.47. The molecule has 2 aromatic carbocycles. The second kappa shape index (κ2) is 5.97. The van der Waals surface area contributed by atoms with Gasteiger partial charge in [-0.1, -0.05) is 30.7 Å². The van der Waals surface area contributed by atoms with Crippen LogP contribution in [0, 0.1) is 6.92 Å². The van der Waals surface area contributed by atoms with Crippen LogP contribution >= 0.6 is 11.6 Å². The first kappa shape index (κ1) is 14.4. The molecule has 0 radical (unpaired) electrons. The molecule has 2 rings (SSSR count). The Morgan fingerprint density at radius 2 is 2.00 bits per heavy atom. The smallest absolute Gasteiger partial charge is 0.257 e. The highest BCUT2D eigenvalue weighted by molar-refractivity contribution is 6.34. The van der Waals surface area contributed by atoms with Gasteiger partial charge in [0.1, 0.15) is 0 Å². The number of hydrogen-bond donors (Lipinski definition) is 2. The van der Waals surface area contributed by atoms with Crippen molar-refractivity contribution in [1.82, 2.24) is 0 Å². The zero-order valence-electron chi connectivity index (χ0n) is 11.5. The topological polar surface area (TPSA) is 55.1 Å². The van der Waals surface area contributed by atoms with Crippen LogP contribution in [0.15, 0.2) is 36.4 Å². The molecule has 0 unspecified atom stereocenters. The third kappa shape index (κ3) is 3.11. The summed E-state index contributed by atoms with van der Waals surface area (Å²) in [5.41, 5.74) is 9.80. The predicted molar refractivity (Wildman–Crippen MR) is 84.4 cm³/mol. The largest absolute Gasteiger partial charge is 0.398 e. The molecule has 1 amide bonds. The zero-order chi connectivity index (χ0) is 14.7. The Morgan fingerprint density at radius 3 is 2.60 bits per heavy atom. The average molecular weight is 289 g/mol. The molecule has 0 spiro atoms. The zero-order valence-corrected chi connectivity index (χ0v) is 12.3. The van der Waals surface area contributed by atoms with E-state index in [0.29, 0.717) is 22.0 Å². The molecule has 0 fully saturated rings. The number of amides is 1. The van der Waals surface area contributed by atoms with E-state index in [2.05, 4.69) is 5.32 Å². The van der Waals surface area contributed by atoms with Crippen molar-refractivity contribution >= 4 is 28.9 Å². The summed E-state index contributed by atoms with van der Waals surface area (Å²) in [5.74, 6) is -0.237. The number of anilines is 2. The van der Waals surface area contributed by atoms with E-state index in [4.69, 9.17) is 17.3 Å². The lowest BCUT2D eigenvalue weighted by molar-refractivity contribution is 0.102. The molecule has 104 valence electrons. The first-order chi connectivity index (χ1) is 9.51. The lowest BCUT2D eigenvalue weighted by atomic mass is 10.1. The van der Waals surface area contributed by atoms with Crippen LogP contribution < -0.4 is 11.1 Å². The normalized spacial score (nSPS) is 10.3. The molecular formula is C16H17ClN2O. The highest BCUT2D eigenvalue weighted by Gasteiger charge is 2.11. The minimum absolute atomic E-state index is 0.237. The molecule has 3 nitrogen and oxygen atoms in total. The summed E-state index contributed by atoms with van der Waals surface area (Å²) in [5, 5.41) is 3.25. The number of aryl methyl sites for hydroxylation is 2. The molecule has 0 aliphatic heterocycles. The van der Waals surface area contributed by atoms with Crippen LogP contribution in [0.25, 0.3) is 0 Å². The van der Waals surface area contributed by atoms with Crippen molar-refractivity contribution in [2.24, 2.45) is 0 Å². The lowest BCUT2D eigenvalue weighted by Crippen LogP contribution is -2.13. The maximum atomic E-state index is 12.2. The number of carbonyl (C=O) groups excluding carboxylic acids is 1. The third-order valence-electron chi connectivity index (χ3n) is 3.15. The molecule has 0 heterocycles. The van der Waals surface area contributed by atoms with Crippen LogP contribution in [0.2, 0.25) is 5.02 Å². The van der Waals surface area contributed by atoms with Gasteiger partial charge in [-0.3, -0.25) is 4.79 Å². The molecule has 0 atom stereocenters. The standard InChI is InChI=1S/C16H17ClN2O/c1-3-11-5-6-12(9-15(11)18)19-16(20)13-7-4-10(2)8-14(13)17/h4-9H,3,18H2,1-2H3,(H,19,20). The summed E-state index contributed by atoms with van der Waals surface area (Å²) >= 11 is 6.08. The molecule has 0 aliphatic carbocycles. The number of carbonyl (C=O) groups is 1. The highest BCUT2D eigenvalue weighted by Crippen LogP contribution is 2.22. The maximum Gasteiger partial charge on any atom is 0.257 e. The highest BCUT2D eigenvalue weighted by atomic mass is 35.5. The van der Waals surface area contributed by atoms with Crippen LogP contribution in [-0.4, -0.2) is 5.91 Å². The monoisotopic (exact) mass is 288 g/mol. The van der Waals surface area contributed by atoms with Gasteiger partial charge in [0.15, 0.2) is 0 Å². The summed E-state index contributed by atoms with van der Waals surface area (Å²) in [6.07, 6.45) is 0.865. The molecule has 0 aliphatic rings. The van der Waals surface area contributed by atoms with E-state index in [0.717, 1.165) is 17.5 Å². The van der Waals surface area contributed by atoms with Crippen LogP contribution in [-0.2, 0) is 6.42 Å². The Hall–Kier alpha value is -2.00. The Labute approximate surface area is 123 Å². The van der Waals surface area contributed by atoms with Crippen molar-refractivity contribution in [3.63, 3.8) is 0 Å². The van der Waals surface area contributed by atoms with Gasteiger partial charge >= 0.3 is 0 Å². The van der Waals surface area contributed by atoms with Gasteiger partial charge in [0, 0.05) is 11.4 Å². The van der Waals surface area contributed by atoms with Crippen LogP contribution in [0.1, 0.15) is 28.4 Å². The number of hydrogen-bond acceptors (Lipinski definition) is 2. The van der Waals surface area contributed by atoms with Crippen LogP contribution in [0.3, 0.4) is 0 Å². The molecule has 0 saturated heterocycles. The van der Waals surface area contributed by atoms with Crippen LogP contribution in [0.4, 0.5) is 11.4 Å². The number of nitrogens with two attached hydrogens (primary N) is 1. The number of halogens is 1. The van der Waals surface area contributed by atoms with Gasteiger partial charge in [-0.2, -0.15) is 0 Å². The van der Waals surface area contributed by atoms with Crippen molar-refractivity contribution in [3.05, 3.63) is 58.1 Å². The maximum absolute atomic E-state index is 12.2. The Kier molecular flexibility index (Phi) is 4.30. The summed E-state index contributed by atoms with van der Waals surface area (Å²) in [6.45, 7) is 3.97. The van der Waals surface area contributed by atoms with E-state index in [9.17, 15) is 4.79 Å². The number of benzene rings is 2. The van der Waals surface area contributed by atoms with Crippen molar-refractivity contribution in [2.45, 2.75) is 20.3 Å². The summed E-state index contributed by atoms with van der Waals surface area (Å²) in [4.78, 5) is 12.2. The number of rotatable bonds is 3. The summed E-state index contributed by atoms with van der Waals surface area (Å²) < 4.78 is 0. The van der Waals surface area contributed by atoms with Gasteiger partial charge in [0.05, 0.1) is 10.6 Å². The predicted octanol–water partition coefficient (Wildman–Crippen LogP) is 4.05. The number of nitrogen functional groups attached to an aromatic ring is 1. The minimum atomic E-state index is -0.237. The molecule has 3 N–H and O–H groups in total. The minimum Gasteiger partial charge on any atom is -0.398 e. The van der Waals surface area contributed by atoms with E-state index in [1.807, 2.05) is 32.0 Å².